The van der Waals surface area contributed by atoms with Gasteiger partial charge in [-0.25, -0.2) is 0 Å². The molecule has 2 nitrogen and oxygen atoms in total. The topological polar surface area (TPSA) is 6.48 Å². The average molecular weight is 260 g/mol. The van der Waals surface area contributed by atoms with Gasteiger partial charge in [0.25, 0.3) is 0 Å². The van der Waals surface area contributed by atoms with Crippen molar-refractivity contribution in [1.82, 2.24) is 10.0 Å². The highest BCUT2D eigenvalue weighted by atomic mass is 15.6. The number of fused-ring (bicyclic) bond motifs is 2. The Morgan fingerprint density at radius 2 is 1.05 bits per heavy atom. The summed E-state index contributed by atoms with van der Waals surface area (Å²) in [6.07, 6.45) is 8.71. The highest BCUT2D eigenvalue weighted by molar-refractivity contribution is 5.57. The van der Waals surface area contributed by atoms with E-state index in [9.17, 15) is 0 Å². The van der Waals surface area contributed by atoms with Crippen LogP contribution >= 0.6 is 0 Å². The van der Waals surface area contributed by atoms with Crippen LogP contribution in [0.15, 0.2) is 60.9 Å². The van der Waals surface area contributed by atoms with Crippen molar-refractivity contribution in [3.8, 4) is 0 Å². The zero-order valence-corrected chi connectivity index (χ0v) is 11.2. The summed E-state index contributed by atoms with van der Waals surface area (Å²) in [7, 11) is 0. The summed E-state index contributed by atoms with van der Waals surface area (Å²) >= 11 is 0. The molecule has 0 amide bonds. The minimum atomic E-state index is 0.930. The Morgan fingerprint density at radius 3 is 1.55 bits per heavy atom. The lowest BCUT2D eigenvalue weighted by Gasteiger charge is -2.37. The van der Waals surface area contributed by atoms with Crippen LogP contribution in [0.3, 0.4) is 0 Å². The number of rotatable bonds is 1. The molecule has 2 heterocycles. The highest BCUT2D eigenvalue weighted by Crippen LogP contribution is 2.25. The van der Waals surface area contributed by atoms with Crippen molar-refractivity contribution in [2.45, 2.75) is 13.1 Å². The van der Waals surface area contributed by atoms with Gasteiger partial charge in [-0.15, -0.1) is 0 Å². The molecule has 2 aromatic carbocycles. The van der Waals surface area contributed by atoms with Gasteiger partial charge in [0, 0.05) is 12.4 Å². The van der Waals surface area contributed by atoms with E-state index in [1.54, 1.807) is 0 Å². The van der Waals surface area contributed by atoms with Crippen molar-refractivity contribution in [3.63, 3.8) is 0 Å². The van der Waals surface area contributed by atoms with Crippen molar-refractivity contribution in [2.24, 2.45) is 0 Å². The molecule has 0 saturated carbocycles. The van der Waals surface area contributed by atoms with E-state index in [1.807, 2.05) is 0 Å². The van der Waals surface area contributed by atoms with Gasteiger partial charge in [0.2, 0.25) is 0 Å². The van der Waals surface area contributed by atoms with Crippen molar-refractivity contribution in [1.29, 1.82) is 0 Å². The number of hydrogen-bond acceptors (Lipinski definition) is 2. The third-order valence-corrected chi connectivity index (χ3v) is 3.96. The second kappa shape index (κ2) is 4.57. The lowest BCUT2D eigenvalue weighted by Crippen LogP contribution is -2.36. The van der Waals surface area contributed by atoms with Gasteiger partial charge in [-0.1, -0.05) is 48.5 Å². The summed E-state index contributed by atoms with van der Waals surface area (Å²) in [5.41, 5.74) is 5.40. The number of nitrogens with zero attached hydrogens (tertiary/aromatic N) is 2. The van der Waals surface area contributed by atoms with Gasteiger partial charge in [0.1, 0.15) is 0 Å². The summed E-state index contributed by atoms with van der Waals surface area (Å²) in [5.74, 6) is 0. The Hall–Kier alpha value is -2.48. The molecule has 0 spiro atoms. The second-order valence-corrected chi connectivity index (χ2v) is 5.22. The quantitative estimate of drug-likeness (QED) is 0.768. The fourth-order valence-corrected chi connectivity index (χ4v) is 2.82. The maximum atomic E-state index is 2.27. The zero-order chi connectivity index (χ0) is 13.4. The van der Waals surface area contributed by atoms with Gasteiger partial charge >= 0.3 is 0 Å². The van der Waals surface area contributed by atoms with E-state index in [2.05, 4.69) is 83.1 Å². The number of hydrogen-bond donors (Lipinski definition) is 0. The van der Waals surface area contributed by atoms with E-state index in [0.717, 1.165) is 13.1 Å². The first-order chi connectivity index (χ1) is 9.90. The fraction of sp³-hybridized carbons (Fsp3) is 0.111. The van der Waals surface area contributed by atoms with Crippen molar-refractivity contribution < 1.29 is 0 Å². The minimum absolute atomic E-state index is 0.930. The van der Waals surface area contributed by atoms with Crippen LogP contribution in [0, 0.1) is 0 Å². The van der Waals surface area contributed by atoms with Crippen LogP contribution in [0.4, 0.5) is 0 Å². The molecule has 0 N–H and O–H groups in total. The molecule has 0 aromatic heterocycles. The summed E-state index contributed by atoms with van der Waals surface area (Å²) in [5, 5.41) is 4.55. The average Bonchev–Trinajstić information content (AvgIpc) is 2.54. The molecule has 0 unspecified atom stereocenters. The van der Waals surface area contributed by atoms with E-state index in [0.29, 0.717) is 0 Å². The van der Waals surface area contributed by atoms with Gasteiger partial charge in [-0.05, 0) is 34.4 Å². The predicted molar refractivity (Wildman–Crippen MR) is 82.0 cm³/mol. The Bertz CT molecular complexity index is 639. The molecule has 20 heavy (non-hydrogen) atoms. The first-order valence-corrected chi connectivity index (χ1v) is 6.95. The molecule has 0 bridgehead atoms. The first kappa shape index (κ1) is 11.4. The monoisotopic (exact) mass is 260 g/mol. The third-order valence-electron chi connectivity index (χ3n) is 3.96. The van der Waals surface area contributed by atoms with Crippen molar-refractivity contribution in [3.05, 3.63) is 83.2 Å². The molecule has 0 atom stereocenters. The van der Waals surface area contributed by atoms with Crippen LogP contribution in [-0.2, 0) is 13.1 Å². The molecule has 0 radical (unpaired) electrons. The molecular weight excluding hydrogens is 244 g/mol. The molecule has 0 saturated heterocycles. The van der Waals surface area contributed by atoms with E-state index in [1.165, 1.54) is 22.3 Å². The smallest absolute Gasteiger partial charge is 0.0645 e. The van der Waals surface area contributed by atoms with Crippen LogP contribution in [0.1, 0.15) is 22.3 Å². The molecule has 98 valence electrons. The highest BCUT2D eigenvalue weighted by Gasteiger charge is 2.17. The van der Waals surface area contributed by atoms with Crippen molar-refractivity contribution >= 4 is 12.2 Å². The molecular formula is C18H16N2. The maximum absolute atomic E-state index is 2.27. The largest absolute Gasteiger partial charge is 0.288 e. The van der Waals surface area contributed by atoms with E-state index < -0.39 is 0 Å². The second-order valence-electron chi connectivity index (χ2n) is 5.22. The van der Waals surface area contributed by atoms with Gasteiger partial charge in [0.05, 0.1) is 13.1 Å². The molecule has 4 rings (SSSR count). The van der Waals surface area contributed by atoms with E-state index in [4.69, 9.17) is 0 Å². The van der Waals surface area contributed by atoms with Crippen LogP contribution in [0.25, 0.3) is 12.2 Å². The van der Waals surface area contributed by atoms with Crippen LogP contribution in [0.5, 0.6) is 0 Å². The zero-order valence-electron chi connectivity index (χ0n) is 11.2. The molecule has 2 aliphatic heterocycles. The SMILES string of the molecule is C1=CN(N2C=Cc3ccccc3C2)Cc2ccccc21. The summed E-state index contributed by atoms with van der Waals surface area (Å²) in [4.78, 5) is 0. The van der Waals surface area contributed by atoms with Crippen molar-refractivity contribution in [2.75, 3.05) is 0 Å². The number of benzene rings is 2. The Kier molecular flexibility index (Phi) is 2.59. The Balaban J connectivity index is 1.60. The normalized spacial score (nSPS) is 16.0. The van der Waals surface area contributed by atoms with Gasteiger partial charge in [-0.2, -0.15) is 0 Å². The summed E-state index contributed by atoms with van der Waals surface area (Å²) in [6.45, 7) is 1.86. The van der Waals surface area contributed by atoms with E-state index >= 15 is 0 Å². The standard InChI is InChI=1S/C18H16N2/c1-3-7-17-13-19(11-9-15(17)5-1)20-12-10-16-6-2-4-8-18(16)14-20/h1-12H,13-14H2. The summed E-state index contributed by atoms with van der Waals surface area (Å²) in [6, 6.07) is 17.1. The fourth-order valence-electron chi connectivity index (χ4n) is 2.82. The van der Waals surface area contributed by atoms with Gasteiger partial charge < -0.3 is 0 Å². The molecule has 2 aromatic rings. The van der Waals surface area contributed by atoms with Crippen LogP contribution in [-0.4, -0.2) is 10.0 Å². The Labute approximate surface area is 119 Å². The number of hydrazine groups is 1. The molecule has 2 heteroatoms. The van der Waals surface area contributed by atoms with Crippen LogP contribution in [0.2, 0.25) is 0 Å². The third kappa shape index (κ3) is 1.90. The Morgan fingerprint density at radius 1 is 0.600 bits per heavy atom. The van der Waals surface area contributed by atoms with Gasteiger partial charge in [0.15, 0.2) is 0 Å². The summed E-state index contributed by atoms with van der Waals surface area (Å²) < 4.78 is 0. The first-order valence-electron chi connectivity index (χ1n) is 6.95. The molecule has 0 aliphatic carbocycles. The predicted octanol–water partition coefficient (Wildman–Crippen LogP) is 3.87. The van der Waals surface area contributed by atoms with E-state index in [-0.39, 0.29) is 0 Å². The molecule has 2 aliphatic rings. The minimum Gasteiger partial charge on any atom is -0.288 e. The van der Waals surface area contributed by atoms with Gasteiger partial charge in [-0.3, -0.25) is 10.0 Å². The lowest BCUT2D eigenvalue weighted by atomic mass is 10.0. The van der Waals surface area contributed by atoms with Crippen LogP contribution < -0.4 is 0 Å². The lowest BCUT2D eigenvalue weighted by molar-refractivity contribution is 0.0586. The molecule has 0 fully saturated rings. The maximum Gasteiger partial charge on any atom is 0.0645 e.